The number of anilines is 1. The van der Waals surface area contributed by atoms with Crippen LogP contribution >= 0.6 is 26.8 Å². The number of nitrogens with zero attached hydrogens (tertiary/aromatic N) is 5. The molecule has 5 N–H and O–H groups in total. The van der Waals surface area contributed by atoms with Crippen LogP contribution in [0.15, 0.2) is 30.6 Å². The average Bonchev–Trinajstić information content (AvgIpc) is 3.64. The average molecular weight is 616 g/mol. The molecule has 1 aromatic carbocycles. The van der Waals surface area contributed by atoms with Gasteiger partial charge in [-0.3, -0.25) is 13.7 Å². The van der Waals surface area contributed by atoms with Crippen LogP contribution in [0.5, 0.6) is 0 Å². The highest BCUT2D eigenvalue weighted by molar-refractivity contribution is 7.70. The van der Waals surface area contributed by atoms with Gasteiger partial charge in [0.05, 0.1) is 12.9 Å². The SMILES string of the molecule is O=P(O)(O)CP(=O)(O)OC[C@H]1O[C@@H](n2cnc3c(N4CCC5(CCc6ccccc65)C4)nc(Cl)nc32)[C@@H](O)C1O. The van der Waals surface area contributed by atoms with Gasteiger partial charge in [0, 0.05) is 18.5 Å². The van der Waals surface area contributed by atoms with Gasteiger partial charge in [0.1, 0.15) is 18.3 Å². The van der Waals surface area contributed by atoms with Gasteiger partial charge in [0.2, 0.25) is 5.28 Å². The highest BCUT2D eigenvalue weighted by atomic mass is 35.5. The quantitative estimate of drug-likeness (QED) is 0.189. The standard InChI is InChI=1S/C23H28ClN5O9P2/c24-22-26-19(28-8-7-23(10-28)6-5-13-3-1-2-4-14(13)23)16-20(27-22)29(11-25-16)21-18(31)17(30)15(38-21)9-37-40(35,36)12-39(32,33)34/h1-4,11,15,17-18,21,30-31H,5-10,12H2,(H,35,36)(H2,32,33,34)/t15-,17?,18+,21-,23?/m1/s1. The molecule has 0 saturated carbocycles. The Morgan fingerprint density at radius 1 is 1.12 bits per heavy atom. The van der Waals surface area contributed by atoms with Crippen molar-refractivity contribution in [2.75, 3.05) is 30.5 Å². The summed E-state index contributed by atoms with van der Waals surface area (Å²) in [4.78, 5) is 43.1. The van der Waals surface area contributed by atoms with E-state index in [2.05, 4.69) is 44.1 Å². The zero-order valence-corrected chi connectivity index (χ0v) is 23.6. The molecule has 14 nitrogen and oxygen atoms in total. The summed E-state index contributed by atoms with van der Waals surface area (Å²) in [5.41, 5.74) is 3.42. The summed E-state index contributed by atoms with van der Waals surface area (Å²) >= 11 is 6.33. The lowest BCUT2D eigenvalue weighted by atomic mass is 9.81. The zero-order valence-electron chi connectivity index (χ0n) is 21.0. The monoisotopic (exact) mass is 615 g/mol. The van der Waals surface area contributed by atoms with E-state index in [9.17, 15) is 24.2 Å². The van der Waals surface area contributed by atoms with Crippen LogP contribution in [-0.4, -0.2) is 88.3 Å². The number of hydrogen-bond acceptors (Lipinski definition) is 10. The minimum atomic E-state index is -4.83. The lowest BCUT2D eigenvalue weighted by Gasteiger charge is -2.26. The number of aryl methyl sites for hydroxylation is 1. The number of imidazole rings is 1. The molecular weight excluding hydrogens is 588 g/mol. The molecule has 3 unspecified atom stereocenters. The van der Waals surface area contributed by atoms with Gasteiger partial charge in [0.25, 0.3) is 0 Å². The predicted molar refractivity (Wildman–Crippen MR) is 142 cm³/mol. The second-order valence-electron chi connectivity index (χ2n) is 10.5. The third kappa shape index (κ3) is 5.11. The summed E-state index contributed by atoms with van der Waals surface area (Å²) in [5.74, 6) is -0.843. The smallest absolute Gasteiger partial charge is 0.340 e. The van der Waals surface area contributed by atoms with Crippen LogP contribution in [0.3, 0.4) is 0 Å². The number of benzene rings is 1. The molecule has 17 heteroatoms. The molecule has 0 radical (unpaired) electrons. The molecule has 6 rings (SSSR count). The Labute approximate surface area is 233 Å². The molecule has 3 aliphatic rings. The van der Waals surface area contributed by atoms with E-state index in [1.165, 1.54) is 22.0 Å². The van der Waals surface area contributed by atoms with Crippen molar-refractivity contribution >= 4 is 43.8 Å². The van der Waals surface area contributed by atoms with E-state index in [0.29, 0.717) is 11.3 Å². The minimum absolute atomic E-state index is 0.0108. The van der Waals surface area contributed by atoms with Crippen LogP contribution in [0.2, 0.25) is 5.28 Å². The third-order valence-corrected chi connectivity index (χ3v) is 11.5. The van der Waals surface area contributed by atoms with Crippen molar-refractivity contribution in [2.45, 2.75) is 49.2 Å². The highest BCUT2D eigenvalue weighted by Gasteiger charge is 2.47. The Morgan fingerprint density at radius 2 is 1.90 bits per heavy atom. The van der Waals surface area contributed by atoms with Crippen LogP contribution in [0.25, 0.3) is 11.2 Å². The van der Waals surface area contributed by atoms with Gasteiger partial charge in [-0.1, -0.05) is 24.3 Å². The number of aliphatic hydroxyl groups excluding tert-OH is 2. The number of aromatic nitrogens is 4. The zero-order chi connectivity index (χ0) is 28.4. The number of fused-ring (bicyclic) bond motifs is 3. The molecule has 3 aromatic rings. The van der Waals surface area contributed by atoms with Crippen LogP contribution in [0.1, 0.15) is 30.2 Å². The fourth-order valence-corrected chi connectivity index (χ4v) is 8.81. The molecule has 6 atom stereocenters. The van der Waals surface area contributed by atoms with Crippen molar-refractivity contribution in [2.24, 2.45) is 0 Å². The first kappa shape index (κ1) is 28.2. The Bertz CT molecular complexity index is 1550. The van der Waals surface area contributed by atoms with Crippen molar-refractivity contribution in [1.82, 2.24) is 19.5 Å². The molecule has 40 heavy (non-hydrogen) atoms. The normalized spacial score (nSPS) is 29.9. The molecule has 2 fully saturated rings. The lowest BCUT2D eigenvalue weighted by Crippen LogP contribution is -2.33. The van der Waals surface area contributed by atoms with E-state index in [0.717, 1.165) is 32.4 Å². The molecular formula is C23H28ClN5O9P2. The largest absolute Gasteiger partial charge is 0.387 e. The maximum absolute atomic E-state index is 12.0. The van der Waals surface area contributed by atoms with Crippen molar-refractivity contribution in [1.29, 1.82) is 0 Å². The van der Waals surface area contributed by atoms with Crippen molar-refractivity contribution in [3.8, 4) is 0 Å². The maximum Gasteiger partial charge on any atom is 0.340 e. The fourth-order valence-electron chi connectivity index (χ4n) is 6.08. The summed E-state index contributed by atoms with van der Waals surface area (Å²) in [5, 5.41) is 21.2. The van der Waals surface area contributed by atoms with E-state index < -0.39 is 52.2 Å². The Kier molecular flexibility index (Phi) is 7.11. The minimum Gasteiger partial charge on any atom is -0.387 e. The van der Waals surface area contributed by atoms with E-state index in [1.54, 1.807) is 0 Å². The highest BCUT2D eigenvalue weighted by Crippen LogP contribution is 2.55. The van der Waals surface area contributed by atoms with Gasteiger partial charge >= 0.3 is 15.2 Å². The summed E-state index contributed by atoms with van der Waals surface area (Å²) in [6, 6.07) is 8.48. The third-order valence-electron chi connectivity index (χ3n) is 7.91. The van der Waals surface area contributed by atoms with Crippen LogP contribution in [-0.2, 0) is 30.2 Å². The number of aliphatic hydroxyl groups is 2. The fraction of sp³-hybridized carbons (Fsp3) is 0.522. The summed E-state index contributed by atoms with van der Waals surface area (Å²) < 4.78 is 35.0. The summed E-state index contributed by atoms with van der Waals surface area (Å²) in [7, 11) is -9.52. The molecule has 2 aromatic heterocycles. The molecule has 216 valence electrons. The Morgan fingerprint density at radius 3 is 2.67 bits per heavy atom. The van der Waals surface area contributed by atoms with Crippen molar-refractivity contribution in [3.05, 3.63) is 47.0 Å². The van der Waals surface area contributed by atoms with Gasteiger partial charge in [0.15, 0.2) is 29.1 Å². The molecule has 2 saturated heterocycles. The number of ether oxygens (including phenoxy) is 1. The van der Waals surface area contributed by atoms with Gasteiger partial charge in [-0.25, -0.2) is 4.98 Å². The first-order valence-electron chi connectivity index (χ1n) is 12.6. The summed E-state index contributed by atoms with van der Waals surface area (Å²) in [6.45, 7) is 0.767. The van der Waals surface area contributed by atoms with Gasteiger partial charge < -0.3 is 39.1 Å². The molecule has 4 heterocycles. The maximum atomic E-state index is 12.0. The summed E-state index contributed by atoms with van der Waals surface area (Å²) in [6.07, 6.45) is -1.16. The Balaban J connectivity index is 1.24. The van der Waals surface area contributed by atoms with Crippen LogP contribution in [0, 0.1) is 0 Å². The van der Waals surface area contributed by atoms with E-state index in [1.807, 2.05) is 0 Å². The van der Waals surface area contributed by atoms with Crippen LogP contribution < -0.4 is 4.90 Å². The molecule has 1 aliphatic carbocycles. The second-order valence-corrected chi connectivity index (χ2v) is 14.9. The number of rotatable bonds is 7. The Hall–Kier alpha value is -1.96. The van der Waals surface area contributed by atoms with Crippen molar-refractivity contribution < 1.29 is 43.3 Å². The van der Waals surface area contributed by atoms with E-state index in [4.69, 9.17) is 30.6 Å². The first-order chi connectivity index (χ1) is 18.9. The molecule has 0 amide bonds. The van der Waals surface area contributed by atoms with Gasteiger partial charge in [-0.15, -0.1) is 0 Å². The predicted octanol–water partition coefficient (Wildman–Crippen LogP) is 1.53. The van der Waals surface area contributed by atoms with Crippen molar-refractivity contribution in [3.63, 3.8) is 0 Å². The number of halogens is 1. The number of hydrogen-bond donors (Lipinski definition) is 5. The lowest BCUT2D eigenvalue weighted by molar-refractivity contribution is -0.0483. The molecule has 1 spiro atoms. The second kappa shape index (κ2) is 10.1. The first-order valence-corrected chi connectivity index (χ1v) is 16.6. The van der Waals surface area contributed by atoms with Gasteiger partial charge in [-0.05, 0) is 42.0 Å². The van der Waals surface area contributed by atoms with Gasteiger partial charge in [-0.2, -0.15) is 9.97 Å². The topological polar surface area (TPSA) is 201 Å². The van der Waals surface area contributed by atoms with E-state index >= 15 is 0 Å². The molecule has 2 aliphatic heterocycles. The van der Waals surface area contributed by atoms with E-state index in [-0.39, 0.29) is 16.3 Å². The van der Waals surface area contributed by atoms with Crippen LogP contribution in [0.4, 0.5) is 5.82 Å². The molecule has 0 bridgehead atoms.